The first-order valence-electron chi connectivity index (χ1n) is 9.81. The summed E-state index contributed by atoms with van der Waals surface area (Å²) in [6, 6.07) is 2.20. The van der Waals surface area contributed by atoms with E-state index in [-0.39, 0.29) is 18.1 Å². The summed E-state index contributed by atoms with van der Waals surface area (Å²) in [6.07, 6.45) is 9.31. The highest BCUT2D eigenvalue weighted by atomic mass is 32.1. The Hall–Kier alpha value is -3.18. The van der Waals surface area contributed by atoms with Gasteiger partial charge in [0.15, 0.2) is 0 Å². The zero-order valence-corrected chi connectivity index (χ0v) is 17.5. The highest BCUT2D eigenvalue weighted by molar-refractivity contribution is 7.16. The van der Waals surface area contributed by atoms with Gasteiger partial charge < -0.3 is 15.4 Å². The third kappa shape index (κ3) is 5.91. The number of rotatable bonds is 8. The van der Waals surface area contributed by atoms with E-state index in [9.17, 15) is 14.9 Å². The van der Waals surface area contributed by atoms with Crippen LogP contribution in [0.2, 0.25) is 0 Å². The third-order valence-corrected chi connectivity index (χ3v) is 6.04. The first kappa shape index (κ1) is 21.5. The molecule has 2 N–H and O–H groups in total. The summed E-state index contributed by atoms with van der Waals surface area (Å²) in [6.45, 7) is 7.90. The summed E-state index contributed by atoms with van der Waals surface area (Å²) >= 11 is 1.36. The van der Waals surface area contributed by atoms with Crippen LogP contribution in [0, 0.1) is 17.2 Å². The van der Waals surface area contributed by atoms with Crippen molar-refractivity contribution in [1.29, 1.82) is 5.26 Å². The first-order chi connectivity index (χ1) is 14.5. The topological polar surface area (TPSA) is 104 Å². The van der Waals surface area contributed by atoms with Gasteiger partial charge in [-0.1, -0.05) is 13.2 Å². The number of hydrogen-bond donors (Lipinski definition) is 2. The minimum atomic E-state index is -0.383. The second-order valence-corrected chi connectivity index (χ2v) is 8.38. The number of anilines is 1. The van der Waals surface area contributed by atoms with E-state index >= 15 is 0 Å². The van der Waals surface area contributed by atoms with Crippen LogP contribution >= 0.6 is 11.3 Å². The van der Waals surface area contributed by atoms with Crippen LogP contribution in [-0.4, -0.2) is 30.9 Å². The number of fused-ring (bicyclic) bond motifs is 1. The predicted octanol–water partition coefficient (Wildman–Crippen LogP) is 3.88. The Bertz CT molecular complexity index is 950. The minimum absolute atomic E-state index is 0.224. The molecule has 0 aromatic carbocycles. The fourth-order valence-corrected chi connectivity index (χ4v) is 4.40. The highest BCUT2D eigenvalue weighted by Gasteiger charge is 2.29. The lowest BCUT2D eigenvalue weighted by molar-refractivity contribution is -0.111. The molecule has 30 heavy (non-hydrogen) atoms. The molecule has 0 spiro atoms. The van der Waals surface area contributed by atoms with Crippen molar-refractivity contribution in [3.05, 3.63) is 53.1 Å². The summed E-state index contributed by atoms with van der Waals surface area (Å²) in [5, 5.41) is 15.7. The molecule has 156 valence electrons. The van der Waals surface area contributed by atoms with Crippen molar-refractivity contribution in [3.8, 4) is 6.07 Å². The first-order valence-corrected chi connectivity index (χ1v) is 10.6. The number of nitriles is 1. The van der Waals surface area contributed by atoms with E-state index in [1.54, 1.807) is 0 Å². The normalized spacial score (nSPS) is 17.9. The number of carbonyl (C=O) groups excluding carboxylic acids is 2. The van der Waals surface area contributed by atoms with E-state index in [1.807, 2.05) is 0 Å². The maximum absolute atomic E-state index is 12.2. The maximum Gasteiger partial charge on any atom is 0.407 e. The molecule has 0 saturated heterocycles. The van der Waals surface area contributed by atoms with Crippen molar-refractivity contribution in [1.82, 2.24) is 5.32 Å². The van der Waals surface area contributed by atoms with Crippen LogP contribution in [0.3, 0.4) is 0 Å². The van der Waals surface area contributed by atoms with E-state index in [0.717, 1.165) is 10.4 Å². The number of ether oxygens (including phenoxy) is 1. The van der Waals surface area contributed by atoms with E-state index in [0.29, 0.717) is 47.9 Å². The average Bonchev–Trinajstić information content (AvgIpc) is 3.49. The molecule has 0 radical (unpaired) electrons. The number of hydrogen-bond acceptors (Lipinski definition) is 6. The number of thiophene rings is 1. The largest absolute Gasteiger partial charge is 0.446 e. The highest BCUT2D eigenvalue weighted by Crippen LogP contribution is 2.38. The SMILES string of the molecule is C=CN=CC(=C)/C=C/C(=O)Nc1sc2c(c1C#N)CCC(OC(=O)NCC1CC1)C2. The molecule has 1 aromatic heterocycles. The van der Waals surface area contributed by atoms with Gasteiger partial charge in [-0.2, -0.15) is 5.26 Å². The fourth-order valence-electron chi connectivity index (χ4n) is 3.13. The molecule has 0 aliphatic heterocycles. The van der Waals surface area contributed by atoms with Crippen LogP contribution in [-0.2, 0) is 22.4 Å². The number of aliphatic imine (C=N–C) groups is 1. The minimum Gasteiger partial charge on any atom is -0.446 e. The van der Waals surface area contributed by atoms with Gasteiger partial charge in [0.25, 0.3) is 0 Å². The molecule has 2 amide bonds. The summed E-state index contributed by atoms with van der Waals surface area (Å²) < 4.78 is 5.53. The Morgan fingerprint density at radius 3 is 2.83 bits per heavy atom. The molecule has 2 aliphatic carbocycles. The van der Waals surface area contributed by atoms with Gasteiger partial charge in [0.1, 0.15) is 17.2 Å². The molecule has 1 unspecified atom stereocenters. The predicted molar refractivity (Wildman–Crippen MR) is 118 cm³/mol. The molecular weight excluding hydrogens is 400 g/mol. The summed E-state index contributed by atoms with van der Waals surface area (Å²) in [4.78, 5) is 29.0. The lowest BCUT2D eigenvalue weighted by Gasteiger charge is -2.22. The van der Waals surface area contributed by atoms with Gasteiger partial charge in [-0.25, -0.2) is 4.79 Å². The molecule has 1 aromatic rings. The molecule has 1 heterocycles. The van der Waals surface area contributed by atoms with E-state index in [1.165, 1.54) is 48.7 Å². The molecule has 1 atom stereocenters. The number of allylic oxidation sites excluding steroid dienone is 2. The van der Waals surface area contributed by atoms with Crippen molar-refractivity contribution in [3.63, 3.8) is 0 Å². The standard InChI is InChI=1S/C22H24N4O3S/c1-3-24-12-14(2)4-9-20(27)26-21-18(11-23)17-8-7-16(10-19(17)30-21)29-22(28)25-13-15-5-6-15/h3-4,9,12,15-16H,1-2,5-8,10,13H2,(H,25,28)(H,26,27)/b9-4+,24-12?. The Labute approximate surface area is 179 Å². The van der Waals surface area contributed by atoms with Crippen molar-refractivity contribution >= 4 is 34.6 Å². The lowest BCUT2D eigenvalue weighted by Crippen LogP contribution is -2.32. The van der Waals surface area contributed by atoms with Crippen LogP contribution in [0.5, 0.6) is 0 Å². The zero-order valence-electron chi connectivity index (χ0n) is 16.6. The van der Waals surface area contributed by atoms with E-state index in [2.05, 4.69) is 34.9 Å². The number of carbonyl (C=O) groups is 2. The monoisotopic (exact) mass is 424 g/mol. The van der Waals surface area contributed by atoms with Crippen molar-refractivity contribution in [2.75, 3.05) is 11.9 Å². The van der Waals surface area contributed by atoms with Gasteiger partial charge in [0, 0.05) is 36.3 Å². The number of amides is 2. The number of alkyl carbamates (subject to hydrolysis) is 1. The molecule has 8 heteroatoms. The molecule has 3 rings (SSSR count). The van der Waals surface area contributed by atoms with Crippen LogP contribution in [0.1, 0.15) is 35.3 Å². The fraction of sp³-hybridized carbons (Fsp3) is 0.364. The Kier molecular flexibility index (Phi) is 7.20. The Morgan fingerprint density at radius 2 is 2.13 bits per heavy atom. The lowest BCUT2D eigenvalue weighted by atomic mass is 9.94. The van der Waals surface area contributed by atoms with Gasteiger partial charge in [0.05, 0.1) is 5.56 Å². The molecule has 2 aliphatic rings. The average molecular weight is 425 g/mol. The van der Waals surface area contributed by atoms with Gasteiger partial charge in [-0.05, 0) is 48.8 Å². The van der Waals surface area contributed by atoms with Crippen molar-refractivity contribution in [2.45, 2.75) is 38.2 Å². The number of nitrogens with zero attached hydrogens (tertiary/aromatic N) is 2. The zero-order chi connectivity index (χ0) is 21.5. The van der Waals surface area contributed by atoms with E-state index in [4.69, 9.17) is 4.74 Å². The van der Waals surface area contributed by atoms with Crippen LogP contribution in [0.25, 0.3) is 0 Å². The van der Waals surface area contributed by atoms with Gasteiger partial charge in [-0.3, -0.25) is 9.79 Å². The van der Waals surface area contributed by atoms with Gasteiger partial charge >= 0.3 is 6.09 Å². The smallest absolute Gasteiger partial charge is 0.407 e. The summed E-state index contributed by atoms with van der Waals surface area (Å²) in [7, 11) is 0. The van der Waals surface area contributed by atoms with Crippen LogP contribution in [0.15, 0.2) is 42.1 Å². The molecule has 7 nitrogen and oxygen atoms in total. The Balaban J connectivity index is 1.60. The number of nitrogens with one attached hydrogen (secondary N) is 2. The van der Waals surface area contributed by atoms with Gasteiger partial charge in [-0.15, -0.1) is 11.3 Å². The quantitative estimate of drug-likeness (QED) is 0.375. The van der Waals surface area contributed by atoms with E-state index < -0.39 is 0 Å². The second kappa shape index (κ2) is 10.0. The van der Waals surface area contributed by atoms with Crippen LogP contribution < -0.4 is 10.6 Å². The second-order valence-electron chi connectivity index (χ2n) is 7.27. The Morgan fingerprint density at radius 1 is 1.33 bits per heavy atom. The van der Waals surface area contributed by atoms with Gasteiger partial charge in [0.2, 0.25) is 5.91 Å². The maximum atomic E-state index is 12.2. The van der Waals surface area contributed by atoms with Crippen molar-refractivity contribution in [2.24, 2.45) is 10.9 Å². The molecule has 0 bridgehead atoms. The molecule has 1 fully saturated rings. The van der Waals surface area contributed by atoms with Crippen LogP contribution in [0.4, 0.5) is 9.80 Å². The summed E-state index contributed by atoms with van der Waals surface area (Å²) in [5.74, 6) is 0.239. The molecular formula is C22H24N4O3S. The third-order valence-electron chi connectivity index (χ3n) is 4.87. The summed E-state index contributed by atoms with van der Waals surface area (Å²) in [5.41, 5.74) is 1.97. The van der Waals surface area contributed by atoms with Crippen molar-refractivity contribution < 1.29 is 14.3 Å². The molecule has 1 saturated carbocycles.